The maximum Gasteiger partial charge on any atom is 0.265 e. The molecule has 0 unspecified atom stereocenters. The first-order chi connectivity index (χ1) is 9.76. The first-order valence-corrected chi connectivity index (χ1v) is 7.11. The number of carbonyl (C=O) groups is 1. The van der Waals surface area contributed by atoms with Crippen molar-refractivity contribution in [3.8, 4) is 28.5 Å². The molecule has 2 rings (SSSR count). The number of amides is 1. The van der Waals surface area contributed by atoms with Crippen LogP contribution in [0.4, 0.5) is 0 Å². The molecule has 0 aliphatic rings. The molecule has 1 heterocycles. The number of rotatable bonds is 5. The van der Waals surface area contributed by atoms with Gasteiger partial charge in [-0.2, -0.15) is 0 Å². The summed E-state index contributed by atoms with van der Waals surface area (Å²) in [7, 11) is 0. The molecule has 1 aromatic carbocycles. The van der Waals surface area contributed by atoms with Gasteiger partial charge in [0.2, 0.25) is 0 Å². The van der Waals surface area contributed by atoms with Gasteiger partial charge in [-0.25, -0.2) is 0 Å². The lowest BCUT2D eigenvalue weighted by atomic mass is 10.2. The van der Waals surface area contributed by atoms with E-state index in [2.05, 4.69) is 11.2 Å². The zero-order chi connectivity index (χ0) is 14.4. The van der Waals surface area contributed by atoms with Crippen molar-refractivity contribution in [2.24, 2.45) is 0 Å². The third-order valence-electron chi connectivity index (χ3n) is 2.61. The van der Waals surface area contributed by atoms with Gasteiger partial charge in [0.1, 0.15) is 10.6 Å². The monoisotopic (exact) mass is 285 g/mol. The Morgan fingerprint density at radius 1 is 1.40 bits per heavy atom. The second kappa shape index (κ2) is 6.78. The summed E-state index contributed by atoms with van der Waals surface area (Å²) in [6.45, 7) is 2.62. The summed E-state index contributed by atoms with van der Waals surface area (Å²) in [6, 6.07) is 11.8. The summed E-state index contributed by atoms with van der Waals surface area (Å²) < 4.78 is 5.54. The molecule has 0 aliphatic carbocycles. The molecule has 102 valence electrons. The van der Waals surface area contributed by atoms with Crippen molar-refractivity contribution in [2.45, 2.75) is 6.92 Å². The van der Waals surface area contributed by atoms with Crippen LogP contribution in [-0.4, -0.2) is 19.1 Å². The van der Waals surface area contributed by atoms with Gasteiger partial charge < -0.3 is 10.1 Å². The number of carbonyl (C=O) groups excluding carboxylic acids is 1. The van der Waals surface area contributed by atoms with Crippen molar-refractivity contribution in [1.29, 1.82) is 0 Å². The van der Waals surface area contributed by atoms with E-state index >= 15 is 0 Å². The molecule has 0 saturated heterocycles. The van der Waals surface area contributed by atoms with Crippen LogP contribution in [0.5, 0.6) is 5.75 Å². The van der Waals surface area contributed by atoms with Crippen LogP contribution in [-0.2, 0) is 0 Å². The highest BCUT2D eigenvalue weighted by Crippen LogP contribution is 2.36. The predicted molar refractivity (Wildman–Crippen MR) is 82.1 cm³/mol. The van der Waals surface area contributed by atoms with Crippen LogP contribution in [0.3, 0.4) is 0 Å². The van der Waals surface area contributed by atoms with Crippen molar-refractivity contribution >= 4 is 17.2 Å². The average molecular weight is 285 g/mol. The zero-order valence-electron chi connectivity index (χ0n) is 11.2. The molecule has 0 radical (unpaired) electrons. The van der Waals surface area contributed by atoms with Crippen molar-refractivity contribution in [3.05, 3.63) is 41.3 Å². The Morgan fingerprint density at radius 3 is 2.80 bits per heavy atom. The highest BCUT2D eigenvalue weighted by Gasteiger charge is 2.17. The fourth-order valence-corrected chi connectivity index (χ4v) is 2.77. The average Bonchev–Trinajstić information content (AvgIpc) is 2.90. The Morgan fingerprint density at radius 2 is 2.15 bits per heavy atom. The normalized spacial score (nSPS) is 9.80. The topological polar surface area (TPSA) is 38.3 Å². The number of nitrogens with one attached hydrogen (secondary N) is 1. The number of ether oxygens (including phenoxy) is 1. The molecule has 20 heavy (non-hydrogen) atoms. The maximum atomic E-state index is 12.1. The van der Waals surface area contributed by atoms with E-state index in [-0.39, 0.29) is 12.5 Å². The van der Waals surface area contributed by atoms with Crippen molar-refractivity contribution in [2.75, 3.05) is 13.2 Å². The van der Waals surface area contributed by atoms with Gasteiger partial charge in [0.25, 0.3) is 5.91 Å². The highest BCUT2D eigenvalue weighted by molar-refractivity contribution is 7.17. The van der Waals surface area contributed by atoms with Crippen LogP contribution in [0.2, 0.25) is 0 Å². The maximum absolute atomic E-state index is 12.1. The third-order valence-corrected chi connectivity index (χ3v) is 3.78. The molecule has 0 spiro atoms. The summed E-state index contributed by atoms with van der Waals surface area (Å²) in [5, 5.41) is 2.67. The minimum Gasteiger partial charge on any atom is -0.492 e. The third kappa shape index (κ3) is 3.19. The molecule has 0 saturated carbocycles. The number of hydrogen-bond acceptors (Lipinski definition) is 3. The van der Waals surface area contributed by atoms with Crippen LogP contribution in [0.1, 0.15) is 16.6 Å². The van der Waals surface area contributed by atoms with Gasteiger partial charge in [-0.3, -0.25) is 4.79 Å². The molecule has 0 bridgehead atoms. The fourth-order valence-electron chi connectivity index (χ4n) is 1.75. The van der Waals surface area contributed by atoms with Crippen LogP contribution in [0.25, 0.3) is 10.4 Å². The van der Waals surface area contributed by atoms with Gasteiger partial charge >= 0.3 is 0 Å². The first kappa shape index (κ1) is 14.2. The van der Waals surface area contributed by atoms with Gasteiger partial charge in [0, 0.05) is 4.88 Å². The van der Waals surface area contributed by atoms with Gasteiger partial charge in [0.15, 0.2) is 0 Å². The van der Waals surface area contributed by atoms with Gasteiger partial charge in [-0.05, 0) is 18.6 Å². The van der Waals surface area contributed by atoms with Gasteiger partial charge in [-0.15, -0.1) is 17.8 Å². The Balaban J connectivity index is 2.33. The van der Waals surface area contributed by atoms with Crippen molar-refractivity contribution in [3.63, 3.8) is 0 Å². The number of benzene rings is 1. The number of thiophene rings is 1. The molecule has 0 aliphatic heterocycles. The highest BCUT2D eigenvalue weighted by atomic mass is 32.1. The Labute approximate surface area is 122 Å². The van der Waals surface area contributed by atoms with E-state index < -0.39 is 0 Å². The lowest BCUT2D eigenvalue weighted by Crippen LogP contribution is -2.23. The van der Waals surface area contributed by atoms with Crippen LogP contribution in [0, 0.1) is 12.3 Å². The molecule has 3 nitrogen and oxygen atoms in total. The molecule has 1 amide bonds. The summed E-state index contributed by atoms with van der Waals surface area (Å²) in [5.41, 5.74) is 1.06. The van der Waals surface area contributed by atoms with Gasteiger partial charge in [-0.1, -0.05) is 36.3 Å². The minimum absolute atomic E-state index is 0.196. The fraction of sp³-hybridized carbons (Fsp3) is 0.188. The zero-order valence-corrected chi connectivity index (χ0v) is 12.0. The lowest BCUT2D eigenvalue weighted by Gasteiger charge is -2.03. The lowest BCUT2D eigenvalue weighted by molar-refractivity contribution is 0.0959. The van der Waals surface area contributed by atoms with Crippen molar-refractivity contribution in [1.82, 2.24) is 5.32 Å². The van der Waals surface area contributed by atoms with E-state index in [1.807, 2.05) is 43.3 Å². The van der Waals surface area contributed by atoms with E-state index in [4.69, 9.17) is 11.2 Å². The van der Waals surface area contributed by atoms with Crippen LogP contribution < -0.4 is 10.1 Å². The molecule has 0 atom stereocenters. The molecular weight excluding hydrogens is 270 g/mol. The summed E-state index contributed by atoms with van der Waals surface area (Å²) in [4.78, 5) is 13.6. The Kier molecular flexibility index (Phi) is 4.80. The predicted octanol–water partition coefficient (Wildman–Crippen LogP) is 3.18. The van der Waals surface area contributed by atoms with Crippen LogP contribution in [0.15, 0.2) is 36.4 Å². The quantitative estimate of drug-likeness (QED) is 0.857. The smallest absolute Gasteiger partial charge is 0.265 e. The van der Waals surface area contributed by atoms with Gasteiger partial charge in [0.05, 0.1) is 13.2 Å². The molecule has 2 aromatic rings. The van der Waals surface area contributed by atoms with Crippen LogP contribution >= 0.6 is 11.3 Å². The summed E-state index contributed by atoms with van der Waals surface area (Å²) >= 11 is 1.41. The van der Waals surface area contributed by atoms with E-state index in [1.165, 1.54) is 11.3 Å². The standard InChI is InChI=1S/C16H15NO2S/c1-3-10-17-16(18)15-13(19-4-2)11-14(20-15)12-8-6-5-7-9-12/h1,5-9,11H,4,10H2,2H3,(H,17,18). The second-order valence-electron chi connectivity index (χ2n) is 3.99. The van der Waals surface area contributed by atoms with E-state index in [0.717, 1.165) is 10.4 Å². The Bertz CT molecular complexity index is 626. The number of hydrogen-bond donors (Lipinski definition) is 1. The second-order valence-corrected chi connectivity index (χ2v) is 5.04. The summed E-state index contributed by atoms with van der Waals surface area (Å²) in [5.74, 6) is 2.80. The van der Waals surface area contributed by atoms with E-state index in [9.17, 15) is 4.79 Å². The minimum atomic E-state index is -0.196. The SMILES string of the molecule is C#CCNC(=O)c1sc(-c2ccccc2)cc1OCC. The number of terminal acetylenes is 1. The molecule has 1 aromatic heterocycles. The largest absolute Gasteiger partial charge is 0.492 e. The molecule has 0 fully saturated rings. The van der Waals surface area contributed by atoms with E-state index in [0.29, 0.717) is 17.2 Å². The first-order valence-electron chi connectivity index (χ1n) is 6.30. The summed E-state index contributed by atoms with van der Waals surface area (Å²) in [6.07, 6.45) is 5.16. The van der Waals surface area contributed by atoms with Crippen molar-refractivity contribution < 1.29 is 9.53 Å². The molecular formula is C16H15NO2S. The van der Waals surface area contributed by atoms with E-state index in [1.54, 1.807) is 0 Å². The molecule has 1 N–H and O–H groups in total. The Hall–Kier alpha value is -2.25. The molecule has 4 heteroatoms.